The molecule has 1 fully saturated rings. The number of hydrogen-bond donors (Lipinski definition) is 0. The molecule has 2 heterocycles. The van der Waals surface area contributed by atoms with Gasteiger partial charge in [0.25, 0.3) is 0 Å². The second kappa shape index (κ2) is 4.14. The molecule has 1 aromatic rings. The second-order valence-corrected chi connectivity index (χ2v) is 5.30. The molecule has 1 saturated heterocycles. The first-order valence-electron chi connectivity index (χ1n) is 5.74. The average Bonchev–Trinajstić information content (AvgIpc) is 2.47. The van der Waals surface area contributed by atoms with Crippen molar-refractivity contribution in [3.8, 4) is 0 Å². The molecule has 6 heteroatoms. The quantitative estimate of drug-likeness (QED) is 0.587. The lowest BCUT2D eigenvalue weighted by Gasteiger charge is -2.32. The highest BCUT2D eigenvalue weighted by Gasteiger charge is 2.53. The van der Waals surface area contributed by atoms with Crippen LogP contribution in [0, 0.1) is 5.82 Å². The summed E-state index contributed by atoms with van der Waals surface area (Å²) in [7, 11) is -0.913. The summed E-state index contributed by atoms with van der Waals surface area (Å²) in [6.45, 7) is 7.45. The SMILES string of the molecule is CC1(C)OB(c2c(F)ccnc2C=O)OC1(C)C. The van der Waals surface area contributed by atoms with Crippen LogP contribution < -0.4 is 5.46 Å². The van der Waals surface area contributed by atoms with Gasteiger partial charge in [-0.1, -0.05) is 0 Å². The molecule has 0 aromatic carbocycles. The van der Waals surface area contributed by atoms with Gasteiger partial charge in [0, 0.05) is 11.7 Å². The third-order valence-electron chi connectivity index (χ3n) is 3.57. The predicted octanol–water partition coefficient (Wildman–Crippen LogP) is 1.33. The van der Waals surface area contributed by atoms with Gasteiger partial charge < -0.3 is 9.31 Å². The molecule has 0 radical (unpaired) electrons. The number of aromatic nitrogens is 1. The fourth-order valence-corrected chi connectivity index (χ4v) is 1.75. The summed E-state index contributed by atoms with van der Waals surface area (Å²) in [5, 5.41) is 0. The molecule has 0 bridgehead atoms. The van der Waals surface area contributed by atoms with E-state index in [2.05, 4.69) is 4.98 Å². The minimum atomic E-state index is -0.913. The van der Waals surface area contributed by atoms with Gasteiger partial charge in [0.05, 0.1) is 11.2 Å². The van der Waals surface area contributed by atoms with Crippen LogP contribution in [0.3, 0.4) is 0 Å². The molecule has 0 spiro atoms. The monoisotopic (exact) mass is 251 g/mol. The van der Waals surface area contributed by atoms with Gasteiger partial charge in [-0.25, -0.2) is 4.39 Å². The van der Waals surface area contributed by atoms with Gasteiger partial charge in [-0.05, 0) is 33.8 Å². The van der Waals surface area contributed by atoms with E-state index in [9.17, 15) is 9.18 Å². The van der Waals surface area contributed by atoms with E-state index >= 15 is 0 Å². The van der Waals surface area contributed by atoms with Crippen LogP contribution in [0.2, 0.25) is 0 Å². The zero-order valence-electron chi connectivity index (χ0n) is 10.9. The molecular weight excluding hydrogens is 236 g/mol. The van der Waals surface area contributed by atoms with E-state index in [0.29, 0.717) is 6.29 Å². The lowest BCUT2D eigenvalue weighted by Crippen LogP contribution is -2.41. The fourth-order valence-electron chi connectivity index (χ4n) is 1.75. The largest absolute Gasteiger partial charge is 0.500 e. The van der Waals surface area contributed by atoms with Crippen LogP contribution in [-0.4, -0.2) is 29.6 Å². The van der Waals surface area contributed by atoms with E-state index in [1.165, 1.54) is 12.3 Å². The number of aldehydes is 1. The van der Waals surface area contributed by atoms with Crippen molar-refractivity contribution < 1.29 is 18.5 Å². The summed E-state index contributed by atoms with van der Waals surface area (Å²) in [4.78, 5) is 14.7. The fraction of sp³-hybridized carbons (Fsp3) is 0.500. The first-order valence-corrected chi connectivity index (χ1v) is 5.74. The zero-order valence-corrected chi connectivity index (χ0v) is 10.9. The Balaban J connectivity index is 2.44. The Labute approximate surface area is 106 Å². The van der Waals surface area contributed by atoms with E-state index in [0.717, 1.165) is 0 Å². The smallest absolute Gasteiger partial charge is 0.399 e. The Morgan fingerprint density at radius 2 is 1.83 bits per heavy atom. The van der Waals surface area contributed by atoms with Crippen molar-refractivity contribution in [2.45, 2.75) is 38.9 Å². The molecule has 2 rings (SSSR count). The molecule has 18 heavy (non-hydrogen) atoms. The van der Waals surface area contributed by atoms with E-state index < -0.39 is 24.1 Å². The number of hydrogen-bond acceptors (Lipinski definition) is 4. The number of carbonyl (C=O) groups excluding carboxylic acids is 1. The Morgan fingerprint density at radius 1 is 1.28 bits per heavy atom. The maximum atomic E-state index is 13.8. The van der Waals surface area contributed by atoms with Crippen LogP contribution >= 0.6 is 0 Å². The predicted molar refractivity (Wildman–Crippen MR) is 65.3 cm³/mol. The molecule has 0 aliphatic carbocycles. The van der Waals surface area contributed by atoms with Gasteiger partial charge in [0.15, 0.2) is 6.29 Å². The van der Waals surface area contributed by atoms with Gasteiger partial charge in [-0.15, -0.1) is 0 Å². The summed E-state index contributed by atoms with van der Waals surface area (Å²) in [5.41, 5.74) is -1.10. The standard InChI is InChI=1S/C12H15BFNO3/c1-11(2)12(3,4)18-13(17-11)10-8(14)5-6-15-9(10)7-16/h5-7H,1-4H3. The molecule has 1 aliphatic heterocycles. The molecule has 0 N–H and O–H groups in total. The van der Waals surface area contributed by atoms with Crippen LogP contribution in [0.15, 0.2) is 12.3 Å². The minimum Gasteiger partial charge on any atom is -0.399 e. The van der Waals surface area contributed by atoms with Gasteiger partial charge in [-0.2, -0.15) is 0 Å². The summed E-state index contributed by atoms with van der Waals surface area (Å²) >= 11 is 0. The zero-order chi connectivity index (χ0) is 13.6. The van der Waals surface area contributed by atoms with E-state index in [1.807, 2.05) is 27.7 Å². The Hall–Kier alpha value is -1.27. The number of nitrogens with zero attached hydrogens (tertiary/aromatic N) is 1. The highest BCUT2D eigenvalue weighted by Crippen LogP contribution is 2.36. The van der Waals surface area contributed by atoms with E-state index in [1.54, 1.807) is 0 Å². The van der Waals surface area contributed by atoms with E-state index in [-0.39, 0.29) is 11.2 Å². The van der Waals surface area contributed by atoms with Crippen molar-refractivity contribution in [2.24, 2.45) is 0 Å². The lowest BCUT2D eigenvalue weighted by molar-refractivity contribution is 0.00578. The van der Waals surface area contributed by atoms with Crippen LogP contribution in [0.5, 0.6) is 0 Å². The van der Waals surface area contributed by atoms with Crippen molar-refractivity contribution in [2.75, 3.05) is 0 Å². The summed E-state index contributed by atoms with van der Waals surface area (Å²) in [6, 6.07) is 1.19. The van der Waals surface area contributed by atoms with Crippen LogP contribution in [0.1, 0.15) is 38.2 Å². The minimum absolute atomic E-state index is 0.00787. The normalized spacial score (nSPS) is 21.1. The average molecular weight is 251 g/mol. The first-order chi connectivity index (χ1) is 8.28. The topological polar surface area (TPSA) is 48.4 Å². The number of carbonyl (C=O) groups is 1. The highest BCUT2D eigenvalue weighted by atomic mass is 19.1. The summed E-state index contributed by atoms with van der Waals surface area (Å²) in [6.07, 6.45) is 1.75. The molecule has 1 aromatic heterocycles. The Kier molecular flexibility index (Phi) is 3.03. The highest BCUT2D eigenvalue weighted by molar-refractivity contribution is 6.63. The van der Waals surface area contributed by atoms with Gasteiger partial charge in [-0.3, -0.25) is 9.78 Å². The van der Waals surface area contributed by atoms with Crippen LogP contribution in [-0.2, 0) is 9.31 Å². The van der Waals surface area contributed by atoms with Crippen molar-refractivity contribution >= 4 is 18.9 Å². The Bertz CT molecular complexity index is 474. The third-order valence-corrected chi connectivity index (χ3v) is 3.57. The number of rotatable bonds is 2. The molecule has 0 atom stereocenters. The molecule has 4 nitrogen and oxygen atoms in total. The van der Waals surface area contributed by atoms with Crippen LogP contribution in [0.4, 0.5) is 4.39 Å². The van der Waals surface area contributed by atoms with E-state index in [4.69, 9.17) is 9.31 Å². The summed E-state index contributed by atoms with van der Waals surface area (Å²) in [5.74, 6) is -0.550. The number of pyridine rings is 1. The lowest BCUT2D eigenvalue weighted by atomic mass is 9.77. The molecule has 0 unspecified atom stereocenters. The molecule has 96 valence electrons. The summed E-state index contributed by atoms with van der Waals surface area (Å²) < 4.78 is 25.3. The van der Waals surface area contributed by atoms with Gasteiger partial charge >= 0.3 is 7.12 Å². The molecule has 0 amide bonds. The van der Waals surface area contributed by atoms with Gasteiger partial charge in [0.2, 0.25) is 0 Å². The molecule has 1 aliphatic rings. The first kappa shape index (κ1) is 13.2. The van der Waals surface area contributed by atoms with Crippen molar-refractivity contribution in [3.63, 3.8) is 0 Å². The van der Waals surface area contributed by atoms with Crippen molar-refractivity contribution in [1.29, 1.82) is 0 Å². The molecular formula is C12H15BFNO3. The third kappa shape index (κ3) is 1.95. The second-order valence-electron chi connectivity index (χ2n) is 5.30. The maximum Gasteiger partial charge on any atom is 0.500 e. The van der Waals surface area contributed by atoms with Crippen LogP contribution in [0.25, 0.3) is 0 Å². The maximum absolute atomic E-state index is 13.8. The molecule has 0 saturated carbocycles. The van der Waals surface area contributed by atoms with Crippen molar-refractivity contribution in [1.82, 2.24) is 4.98 Å². The number of halogens is 1. The van der Waals surface area contributed by atoms with Crippen molar-refractivity contribution in [3.05, 3.63) is 23.8 Å². The Morgan fingerprint density at radius 3 is 2.33 bits per heavy atom. The van der Waals surface area contributed by atoms with Gasteiger partial charge in [0.1, 0.15) is 11.5 Å².